The maximum absolute atomic E-state index is 11.8. The molecule has 1 saturated heterocycles. The van der Waals surface area contributed by atoms with Crippen LogP contribution in [0.2, 0.25) is 0 Å². The van der Waals surface area contributed by atoms with Gasteiger partial charge in [-0.3, -0.25) is 9.79 Å². The van der Waals surface area contributed by atoms with Gasteiger partial charge >= 0.3 is 6.09 Å². The van der Waals surface area contributed by atoms with E-state index in [1.807, 2.05) is 38.1 Å². The molecule has 1 aliphatic heterocycles. The van der Waals surface area contributed by atoms with Crippen molar-refractivity contribution in [3.8, 4) is 0 Å². The summed E-state index contributed by atoms with van der Waals surface area (Å²) in [6.45, 7) is 8.61. The number of aliphatic imine (C=N–C) groups is 1. The minimum Gasteiger partial charge on any atom is -0.450 e. The summed E-state index contributed by atoms with van der Waals surface area (Å²) >= 11 is 0. The van der Waals surface area contributed by atoms with Crippen LogP contribution in [0.3, 0.4) is 0 Å². The quantitative estimate of drug-likeness (QED) is 0.286. The summed E-state index contributed by atoms with van der Waals surface area (Å²) in [6.07, 6.45) is 2.33. The summed E-state index contributed by atoms with van der Waals surface area (Å²) in [6, 6.07) is 8.11. The average molecular weight is 531 g/mol. The lowest BCUT2D eigenvalue weighted by atomic mass is 10.1. The van der Waals surface area contributed by atoms with Crippen LogP contribution in [0.25, 0.3) is 0 Å². The van der Waals surface area contributed by atoms with Crippen molar-refractivity contribution in [1.82, 2.24) is 15.5 Å². The smallest absolute Gasteiger partial charge is 0.409 e. The van der Waals surface area contributed by atoms with Crippen molar-refractivity contribution >= 4 is 47.6 Å². The Labute approximate surface area is 196 Å². The zero-order chi connectivity index (χ0) is 21.1. The molecule has 0 spiro atoms. The molecule has 2 rings (SSSR count). The Hall–Kier alpha value is -2.04. The van der Waals surface area contributed by atoms with E-state index in [0.29, 0.717) is 26.2 Å². The molecule has 0 atom stereocenters. The van der Waals surface area contributed by atoms with E-state index in [2.05, 4.69) is 20.9 Å². The van der Waals surface area contributed by atoms with Gasteiger partial charge in [-0.2, -0.15) is 0 Å². The van der Waals surface area contributed by atoms with Crippen LogP contribution < -0.4 is 16.0 Å². The molecular formula is C21H34IN5O3. The molecule has 2 amide bonds. The van der Waals surface area contributed by atoms with Crippen LogP contribution in [0.5, 0.6) is 0 Å². The van der Waals surface area contributed by atoms with Gasteiger partial charge in [-0.05, 0) is 50.8 Å². The largest absolute Gasteiger partial charge is 0.450 e. The molecule has 0 bridgehead atoms. The lowest BCUT2D eigenvalue weighted by molar-refractivity contribution is -0.114. The summed E-state index contributed by atoms with van der Waals surface area (Å²) in [7, 11) is 0. The average Bonchev–Trinajstić information content (AvgIpc) is 2.70. The van der Waals surface area contributed by atoms with Crippen LogP contribution in [0, 0.1) is 0 Å². The summed E-state index contributed by atoms with van der Waals surface area (Å²) in [4.78, 5) is 29.3. The van der Waals surface area contributed by atoms with Gasteiger partial charge in [-0.25, -0.2) is 4.79 Å². The highest BCUT2D eigenvalue weighted by atomic mass is 127. The van der Waals surface area contributed by atoms with Crippen molar-refractivity contribution in [3.63, 3.8) is 0 Å². The predicted molar refractivity (Wildman–Crippen MR) is 131 cm³/mol. The molecule has 168 valence electrons. The van der Waals surface area contributed by atoms with E-state index in [4.69, 9.17) is 4.74 Å². The molecule has 0 unspecified atom stereocenters. The highest BCUT2D eigenvalue weighted by Crippen LogP contribution is 2.12. The molecular weight excluding hydrogens is 497 g/mol. The SMILES string of the molecule is CCNC(=NCCc1ccc(NC(C)=O)cc1)NC1CCN(C(=O)OCC)CC1.I. The fraction of sp³-hybridized carbons (Fsp3) is 0.571. The first kappa shape index (κ1) is 26.0. The third-order valence-corrected chi connectivity index (χ3v) is 4.65. The Balaban J connectivity index is 0.00000450. The highest BCUT2D eigenvalue weighted by molar-refractivity contribution is 14.0. The Morgan fingerprint density at radius 2 is 1.83 bits per heavy atom. The normalized spacial score (nSPS) is 14.5. The molecule has 1 aromatic carbocycles. The number of guanidine groups is 1. The second-order valence-electron chi connectivity index (χ2n) is 6.99. The van der Waals surface area contributed by atoms with E-state index in [1.165, 1.54) is 12.5 Å². The first-order valence-electron chi connectivity index (χ1n) is 10.3. The van der Waals surface area contributed by atoms with Crippen LogP contribution >= 0.6 is 24.0 Å². The van der Waals surface area contributed by atoms with Gasteiger partial charge in [0.05, 0.1) is 6.61 Å². The summed E-state index contributed by atoms with van der Waals surface area (Å²) < 4.78 is 5.07. The molecule has 9 heteroatoms. The number of halogens is 1. The first-order chi connectivity index (χ1) is 14.0. The third-order valence-electron chi connectivity index (χ3n) is 4.65. The highest BCUT2D eigenvalue weighted by Gasteiger charge is 2.23. The predicted octanol–water partition coefficient (Wildman–Crippen LogP) is 2.98. The van der Waals surface area contributed by atoms with Gasteiger partial charge in [0.2, 0.25) is 5.91 Å². The number of hydrogen-bond donors (Lipinski definition) is 3. The minimum absolute atomic E-state index is 0. The fourth-order valence-corrected chi connectivity index (χ4v) is 3.19. The van der Waals surface area contributed by atoms with E-state index < -0.39 is 0 Å². The number of hydrogen-bond acceptors (Lipinski definition) is 4. The maximum Gasteiger partial charge on any atom is 0.409 e. The van der Waals surface area contributed by atoms with Crippen LogP contribution in [-0.4, -0.2) is 61.7 Å². The first-order valence-corrected chi connectivity index (χ1v) is 10.3. The van der Waals surface area contributed by atoms with Crippen molar-refractivity contribution < 1.29 is 14.3 Å². The monoisotopic (exact) mass is 531 g/mol. The van der Waals surface area contributed by atoms with Crippen LogP contribution in [0.1, 0.15) is 39.2 Å². The van der Waals surface area contributed by atoms with Gasteiger partial charge < -0.3 is 25.6 Å². The van der Waals surface area contributed by atoms with E-state index in [1.54, 1.807) is 4.90 Å². The van der Waals surface area contributed by atoms with Gasteiger partial charge in [0, 0.05) is 44.8 Å². The number of nitrogens with one attached hydrogen (secondary N) is 3. The number of anilines is 1. The van der Waals surface area contributed by atoms with Crippen LogP contribution in [-0.2, 0) is 16.0 Å². The van der Waals surface area contributed by atoms with Gasteiger partial charge in [-0.15, -0.1) is 24.0 Å². The number of ether oxygens (including phenoxy) is 1. The molecule has 0 saturated carbocycles. The lowest BCUT2D eigenvalue weighted by Crippen LogP contribution is -2.50. The summed E-state index contributed by atoms with van der Waals surface area (Å²) in [5, 5.41) is 9.53. The molecule has 1 fully saturated rings. The second kappa shape index (κ2) is 14.1. The van der Waals surface area contributed by atoms with E-state index in [9.17, 15) is 9.59 Å². The number of carbonyl (C=O) groups excluding carboxylic acids is 2. The maximum atomic E-state index is 11.8. The summed E-state index contributed by atoms with van der Waals surface area (Å²) in [5.74, 6) is 0.730. The molecule has 1 heterocycles. The summed E-state index contributed by atoms with van der Waals surface area (Å²) in [5.41, 5.74) is 1.97. The van der Waals surface area contributed by atoms with Crippen molar-refractivity contribution in [2.24, 2.45) is 4.99 Å². The Bertz CT molecular complexity index is 688. The molecule has 0 aliphatic carbocycles. The Kier molecular flexibility index (Phi) is 12.2. The molecule has 3 N–H and O–H groups in total. The molecule has 0 radical (unpaired) electrons. The number of likely N-dealkylation sites (tertiary alicyclic amines) is 1. The van der Waals surface area contributed by atoms with Crippen molar-refractivity contribution in [2.45, 2.75) is 46.1 Å². The number of piperidine rings is 1. The molecule has 8 nitrogen and oxygen atoms in total. The van der Waals surface area contributed by atoms with E-state index in [-0.39, 0.29) is 42.0 Å². The number of nitrogens with zero attached hydrogens (tertiary/aromatic N) is 2. The lowest BCUT2D eigenvalue weighted by Gasteiger charge is -2.32. The van der Waals surface area contributed by atoms with Gasteiger partial charge in [-0.1, -0.05) is 12.1 Å². The second-order valence-corrected chi connectivity index (χ2v) is 6.99. The molecule has 1 aliphatic rings. The van der Waals surface area contributed by atoms with Crippen molar-refractivity contribution in [3.05, 3.63) is 29.8 Å². The minimum atomic E-state index is -0.226. The Morgan fingerprint density at radius 1 is 1.17 bits per heavy atom. The molecule has 1 aromatic rings. The molecule has 0 aromatic heterocycles. The van der Waals surface area contributed by atoms with E-state index >= 15 is 0 Å². The van der Waals surface area contributed by atoms with Crippen LogP contribution in [0.4, 0.5) is 10.5 Å². The standard InChI is InChI=1S/C21H33N5O3.HI/c1-4-22-20(25-19-11-14-26(15-12-19)21(28)29-5-2)23-13-10-17-6-8-18(9-7-17)24-16(3)27;/h6-9,19H,4-5,10-15H2,1-3H3,(H,24,27)(H2,22,23,25);1H. The third kappa shape index (κ3) is 9.19. The van der Waals surface area contributed by atoms with E-state index in [0.717, 1.165) is 37.5 Å². The van der Waals surface area contributed by atoms with Crippen molar-refractivity contribution in [2.75, 3.05) is 38.1 Å². The number of rotatable bonds is 7. The van der Waals surface area contributed by atoms with Gasteiger partial charge in [0.25, 0.3) is 0 Å². The zero-order valence-corrected chi connectivity index (χ0v) is 20.4. The van der Waals surface area contributed by atoms with Crippen molar-refractivity contribution in [1.29, 1.82) is 0 Å². The molecule has 30 heavy (non-hydrogen) atoms. The number of amides is 2. The Morgan fingerprint density at radius 3 is 2.40 bits per heavy atom. The number of benzene rings is 1. The zero-order valence-electron chi connectivity index (χ0n) is 18.1. The fourth-order valence-electron chi connectivity index (χ4n) is 3.19. The van der Waals surface area contributed by atoms with Gasteiger partial charge in [0.15, 0.2) is 5.96 Å². The van der Waals surface area contributed by atoms with Crippen LogP contribution in [0.15, 0.2) is 29.3 Å². The van der Waals surface area contributed by atoms with Gasteiger partial charge in [0.1, 0.15) is 0 Å². The topological polar surface area (TPSA) is 95.1 Å². The number of carbonyl (C=O) groups is 2.